The van der Waals surface area contributed by atoms with Crippen molar-refractivity contribution >= 4 is 10.8 Å². The summed E-state index contributed by atoms with van der Waals surface area (Å²) in [6, 6.07) is 6.25. The average Bonchev–Trinajstić information content (AvgIpc) is 2.58. The molecule has 0 atom stereocenters. The SMILES string of the molecule is Cc1ccc2c(OCCO)c3c(c(OCCO)c2c1)CCCC3. The molecule has 3 rings (SSSR count). The van der Waals surface area contributed by atoms with E-state index in [4.69, 9.17) is 19.7 Å². The number of aryl methyl sites for hydroxylation is 1. The molecule has 0 amide bonds. The molecule has 124 valence electrons. The number of aliphatic hydroxyl groups is 2. The van der Waals surface area contributed by atoms with Crippen molar-refractivity contribution in [1.29, 1.82) is 0 Å². The second-order valence-corrected chi connectivity index (χ2v) is 6.02. The molecule has 0 saturated carbocycles. The molecule has 0 aliphatic heterocycles. The van der Waals surface area contributed by atoms with Crippen LogP contribution in [0.25, 0.3) is 10.8 Å². The van der Waals surface area contributed by atoms with Crippen molar-refractivity contribution in [2.75, 3.05) is 26.4 Å². The van der Waals surface area contributed by atoms with Crippen LogP contribution < -0.4 is 9.47 Å². The largest absolute Gasteiger partial charge is 0.490 e. The monoisotopic (exact) mass is 316 g/mol. The molecule has 0 unspecified atom stereocenters. The molecule has 2 aromatic rings. The minimum absolute atomic E-state index is 0.00481. The number of hydrogen-bond donors (Lipinski definition) is 2. The van der Waals surface area contributed by atoms with Gasteiger partial charge in [0, 0.05) is 21.9 Å². The van der Waals surface area contributed by atoms with Gasteiger partial charge in [-0.3, -0.25) is 0 Å². The Morgan fingerprint density at radius 1 is 0.870 bits per heavy atom. The molecule has 2 aromatic carbocycles. The Balaban J connectivity index is 2.24. The second kappa shape index (κ2) is 7.20. The second-order valence-electron chi connectivity index (χ2n) is 6.02. The number of ether oxygens (including phenoxy) is 2. The van der Waals surface area contributed by atoms with Crippen molar-refractivity contribution in [1.82, 2.24) is 0 Å². The molecule has 0 saturated heterocycles. The Labute approximate surface area is 136 Å². The number of hydrogen-bond acceptors (Lipinski definition) is 4. The van der Waals surface area contributed by atoms with Crippen LogP contribution in [0.2, 0.25) is 0 Å². The van der Waals surface area contributed by atoms with Gasteiger partial charge in [-0.1, -0.05) is 17.7 Å². The van der Waals surface area contributed by atoms with E-state index in [9.17, 15) is 0 Å². The topological polar surface area (TPSA) is 58.9 Å². The first-order chi connectivity index (χ1) is 11.3. The molecular weight excluding hydrogens is 292 g/mol. The molecule has 4 nitrogen and oxygen atoms in total. The third-order valence-corrected chi connectivity index (χ3v) is 4.36. The van der Waals surface area contributed by atoms with Gasteiger partial charge >= 0.3 is 0 Å². The van der Waals surface area contributed by atoms with E-state index in [-0.39, 0.29) is 13.2 Å². The Morgan fingerprint density at radius 2 is 1.43 bits per heavy atom. The lowest BCUT2D eigenvalue weighted by molar-refractivity contribution is 0.197. The molecule has 1 aliphatic carbocycles. The molecule has 2 N–H and O–H groups in total. The van der Waals surface area contributed by atoms with Crippen LogP contribution in [-0.2, 0) is 12.8 Å². The molecule has 1 aliphatic rings. The normalized spacial score (nSPS) is 13.9. The molecule has 4 heteroatoms. The highest BCUT2D eigenvalue weighted by atomic mass is 16.5. The highest BCUT2D eigenvalue weighted by molar-refractivity contribution is 5.96. The summed E-state index contributed by atoms with van der Waals surface area (Å²) in [6.07, 6.45) is 4.21. The number of aliphatic hydroxyl groups excluding tert-OH is 2. The lowest BCUT2D eigenvalue weighted by atomic mass is 9.87. The van der Waals surface area contributed by atoms with Crippen LogP contribution >= 0.6 is 0 Å². The van der Waals surface area contributed by atoms with Crippen molar-refractivity contribution in [3.8, 4) is 11.5 Å². The van der Waals surface area contributed by atoms with E-state index in [1.165, 1.54) is 11.1 Å². The summed E-state index contributed by atoms with van der Waals surface area (Å²) in [7, 11) is 0. The predicted molar refractivity (Wildman–Crippen MR) is 90.5 cm³/mol. The van der Waals surface area contributed by atoms with Gasteiger partial charge in [-0.05, 0) is 38.7 Å². The van der Waals surface area contributed by atoms with Crippen LogP contribution in [-0.4, -0.2) is 36.6 Å². The summed E-state index contributed by atoms with van der Waals surface area (Å²) in [6.45, 7) is 2.66. The minimum Gasteiger partial charge on any atom is -0.490 e. The molecule has 0 radical (unpaired) electrons. The summed E-state index contributed by atoms with van der Waals surface area (Å²) >= 11 is 0. The predicted octanol–water partition coefficient (Wildman–Crippen LogP) is 2.77. The van der Waals surface area contributed by atoms with Crippen molar-refractivity contribution in [2.45, 2.75) is 32.6 Å². The van der Waals surface area contributed by atoms with E-state index in [1.807, 2.05) is 0 Å². The van der Waals surface area contributed by atoms with Crippen LogP contribution in [0.3, 0.4) is 0 Å². The molecule has 0 spiro atoms. The number of rotatable bonds is 6. The van der Waals surface area contributed by atoms with Gasteiger partial charge < -0.3 is 19.7 Å². The van der Waals surface area contributed by atoms with Crippen molar-refractivity contribution in [3.05, 3.63) is 34.9 Å². The third-order valence-electron chi connectivity index (χ3n) is 4.36. The summed E-state index contributed by atoms with van der Waals surface area (Å²) in [4.78, 5) is 0. The molecule has 0 heterocycles. The van der Waals surface area contributed by atoms with Crippen LogP contribution in [0.15, 0.2) is 18.2 Å². The maximum absolute atomic E-state index is 9.15. The highest BCUT2D eigenvalue weighted by Gasteiger charge is 2.23. The van der Waals surface area contributed by atoms with Gasteiger partial charge in [-0.2, -0.15) is 0 Å². The minimum atomic E-state index is 0.00481. The van der Waals surface area contributed by atoms with Crippen LogP contribution in [0, 0.1) is 6.92 Å². The zero-order valence-corrected chi connectivity index (χ0v) is 13.6. The van der Waals surface area contributed by atoms with Crippen LogP contribution in [0.4, 0.5) is 0 Å². The van der Waals surface area contributed by atoms with Gasteiger partial charge in [-0.25, -0.2) is 0 Å². The zero-order valence-electron chi connectivity index (χ0n) is 13.6. The van der Waals surface area contributed by atoms with Gasteiger partial charge in [0.1, 0.15) is 24.7 Å². The standard InChI is InChI=1S/C19H24O4/c1-13-6-7-16-17(12-13)19(23-11-9-21)15-5-3-2-4-14(15)18(16)22-10-8-20/h6-7,12,20-21H,2-5,8-11H2,1H3. The number of benzene rings is 2. The third kappa shape index (κ3) is 3.14. The molecule has 23 heavy (non-hydrogen) atoms. The van der Waals surface area contributed by atoms with Crippen LogP contribution in [0.1, 0.15) is 29.5 Å². The van der Waals surface area contributed by atoms with E-state index < -0.39 is 0 Å². The fourth-order valence-electron chi connectivity index (χ4n) is 3.40. The molecule has 0 aromatic heterocycles. The first-order valence-electron chi connectivity index (χ1n) is 8.31. The lowest BCUT2D eigenvalue weighted by Crippen LogP contribution is -2.13. The first kappa shape index (κ1) is 16.1. The molecular formula is C19H24O4. The van der Waals surface area contributed by atoms with Crippen molar-refractivity contribution in [3.63, 3.8) is 0 Å². The fraction of sp³-hybridized carbons (Fsp3) is 0.474. The number of fused-ring (bicyclic) bond motifs is 2. The van der Waals surface area contributed by atoms with Gasteiger partial charge in [0.25, 0.3) is 0 Å². The Morgan fingerprint density at radius 3 is 2.00 bits per heavy atom. The first-order valence-corrected chi connectivity index (χ1v) is 8.31. The quantitative estimate of drug-likeness (QED) is 0.860. The molecule has 0 bridgehead atoms. The maximum Gasteiger partial charge on any atom is 0.130 e. The Bertz CT molecular complexity index is 694. The van der Waals surface area contributed by atoms with Crippen molar-refractivity contribution < 1.29 is 19.7 Å². The average molecular weight is 316 g/mol. The van der Waals surface area contributed by atoms with E-state index in [1.54, 1.807) is 0 Å². The van der Waals surface area contributed by atoms with E-state index in [2.05, 4.69) is 25.1 Å². The van der Waals surface area contributed by atoms with Gasteiger partial charge in [-0.15, -0.1) is 0 Å². The highest BCUT2D eigenvalue weighted by Crippen LogP contribution is 2.44. The summed E-state index contributed by atoms with van der Waals surface area (Å²) in [5.74, 6) is 1.78. The van der Waals surface area contributed by atoms with E-state index in [0.717, 1.165) is 53.5 Å². The van der Waals surface area contributed by atoms with Crippen molar-refractivity contribution in [2.24, 2.45) is 0 Å². The summed E-state index contributed by atoms with van der Waals surface area (Å²) < 4.78 is 11.8. The maximum atomic E-state index is 9.15. The molecule has 0 fully saturated rings. The smallest absolute Gasteiger partial charge is 0.130 e. The Hall–Kier alpha value is -1.78. The lowest BCUT2D eigenvalue weighted by Gasteiger charge is -2.25. The fourth-order valence-corrected chi connectivity index (χ4v) is 3.40. The van der Waals surface area contributed by atoms with E-state index in [0.29, 0.717) is 13.2 Å². The zero-order chi connectivity index (χ0) is 16.2. The van der Waals surface area contributed by atoms with Crippen LogP contribution in [0.5, 0.6) is 11.5 Å². The summed E-state index contributed by atoms with van der Waals surface area (Å²) in [5, 5.41) is 20.4. The van der Waals surface area contributed by atoms with Gasteiger partial charge in [0.15, 0.2) is 0 Å². The van der Waals surface area contributed by atoms with Gasteiger partial charge in [0.2, 0.25) is 0 Å². The Kier molecular flexibility index (Phi) is 5.03. The van der Waals surface area contributed by atoms with Gasteiger partial charge in [0.05, 0.1) is 13.2 Å². The van der Waals surface area contributed by atoms with E-state index >= 15 is 0 Å². The summed E-state index contributed by atoms with van der Waals surface area (Å²) in [5.41, 5.74) is 3.57.